The second-order valence-electron chi connectivity index (χ2n) is 3.73. The Kier molecular flexibility index (Phi) is 4.70. The molecule has 2 heteroatoms. The first-order chi connectivity index (χ1) is 7.17. The van der Waals surface area contributed by atoms with Gasteiger partial charge in [-0.1, -0.05) is 24.3 Å². The molecule has 15 heavy (non-hydrogen) atoms. The summed E-state index contributed by atoms with van der Waals surface area (Å²) in [5, 5.41) is 0. The first-order valence-corrected chi connectivity index (χ1v) is 5.75. The number of halogens is 1. The highest BCUT2D eigenvalue weighted by Crippen LogP contribution is 2.16. The van der Waals surface area contributed by atoms with Crippen LogP contribution in [0.4, 0.5) is 5.69 Å². The average molecular weight is 224 g/mol. The van der Waals surface area contributed by atoms with Crippen molar-refractivity contribution in [2.75, 3.05) is 23.9 Å². The van der Waals surface area contributed by atoms with Crippen molar-refractivity contribution >= 4 is 17.3 Å². The summed E-state index contributed by atoms with van der Waals surface area (Å²) in [6.07, 6.45) is 0. The molecular weight excluding hydrogens is 206 g/mol. The van der Waals surface area contributed by atoms with Gasteiger partial charge in [-0.2, -0.15) is 0 Å². The SMILES string of the molecule is C=C(CCl)CN(CC)c1ccc(C)cc1. The van der Waals surface area contributed by atoms with Gasteiger partial charge in [-0.3, -0.25) is 0 Å². The predicted molar refractivity (Wildman–Crippen MR) is 68.9 cm³/mol. The van der Waals surface area contributed by atoms with Crippen LogP contribution in [-0.4, -0.2) is 19.0 Å². The van der Waals surface area contributed by atoms with E-state index in [1.807, 2.05) is 0 Å². The van der Waals surface area contributed by atoms with Crippen molar-refractivity contribution in [2.24, 2.45) is 0 Å². The Morgan fingerprint density at radius 2 is 1.93 bits per heavy atom. The number of aryl methyl sites for hydroxylation is 1. The number of hydrogen-bond acceptors (Lipinski definition) is 1. The number of nitrogens with zero attached hydrogens (tertiary/aromatic N) is 1. The molecule has 0 atom stereocenters. The Morgan fingerprint density at radius 1 is 1.33 bits per heavy atom. The average Bonchev–Trinajstić information content (AvgIpc) is 2.27. The van der Waals surface area contributed by atoms with Crippen LogP contribution in [0.5, 0.6) is 0 Å². The van der Waals surface area contributed by atoms with Crippen LogP contribution in [0.2, 0.25) is 0 Å². The maximum absolute atomic E-state index is 5.74. The Bertz CT molecular complexity index is 316. The summed E-state index contributed by atoms with van der Waals surface area (Å²) in [5.74, 6) is 0.530. The lowest BCUT2D eigenvalue weighted by atomic mass is 10.2. The van der Waals surface area contributed by atoms with Crippen molar-refractivity contribution in [1.29, 1.82) is 0 Å². The number of alkyl halides is 1. The highest BCUT2D eigenvalue weighted by atomic mass is 35.5. The molecule has 0 aliphatic carbocycles. The first kappa shape index (κ1) is 12.1. The van der Waals surface area contributed by atoms with E-state index in [4.69, 9.17) is 11.6 Å². The van der Waals surface area contributed by atoms with Gasteiger partial charge in [0.1, 0.15) is 0 Å². The number of benzene rings is 1. The van der Waals surface area contributed by atoms with Crippen LogP contribution in [-0.2, 0) is 0 Å². The molecule has 0 N–H and O–H groups in total. The van der Waals surface area contributed by atoms with Crippen molar-refractivity contribution in [3.05, 3.63) is 42.0 Å². The minimum Gasteiger partial charge on any atom is -0.368 e. The van der Waals surface area contributed by atoms with Gasteiger partial charge < -0.3 is 4.90 Å². The van der Waals surface area contributed by atoms with Gasteiger partial charge in [-0.15, -0.1) is 11.6 Å². The Hall–Kier alpha value is -0.950. The molecule has 0 amide bonds. The third-order valence-electron chi connectivity index (χ3n) is 2.38. The number of hydrogen-bond donors (Lipinski definition) is 0. The van der Waals surface area contributed by atoms with Gasteiger partial charge in [0.15, 0.2) is 0 Å². The zero-order valence-corrected chi connectivity index (χ0v) is 10.2. The highest BCUT2D eigenvalue weighted by Gasteiger charge is 2.04. The fourth-order valence-corrected chi connectivity index (χ4v) is 1.54. The molecule has 0 unspecified atom stereocenters. The Morgan fingerprint density at radius 3 is 2.40 bits per heavy atom. The third kappa shape index (κ3) is 3.60. The molecule has 1 aromatic carbocycles. The molecule has 0 saturated carbocycles. The maximum Gasteiger partial charge on any atom is 0.0448 e. The van der Waals surface area contributed by atoms with Gasteiger partial charge in [0.25, 0.3) is 0 Å². The van der Waals surface area contributed by atoms with Crippen molar-refractivity contribution < 1.29 is 0 Å². The lowest BCUT2D eigenvalue weighted by Gasteiger charge is -2.23. The standard InChI is InChI=1S/C13H18ClN/c1-4-15(10-12(3)9-14)13-7-5-11(2)6-8-13/h5-8H,3-4,9-10H2,1-2H3. The summed E-state index contributed by atoms with van der Waals surface area (Å²) in [6.45, 7) is 9.97. The monoisotopic (exact) mass is 223 g/mol. The molecule has 82 valence electrons. The molecular formula is C13H18ClN. The summed E-state index contributed by atoms with van der Waals surface area (Å²) in [4.78, 5) is 2.27. The summed E-state index contributed by atoms with van der Waals surface area (Å²) >= 11 is 5.74. The van der Waals surface area contributed by atoms with E-state index in [-0.39, 0.29) is 0 Å². The molecule has 0 aromatic heterocycles. The summed E-state index contributed by atoms with van der Waals surface area (Å²) < 4.78 is 0. The van der Waals surface area contributed by atoms with E-state index < -0.39 is 0 Å². The van der Waals surface area contributed by atoms with Gasteiger partial charge in [-0.25, -0.2) is 0 Å². The third-order valence-corrected chi connectivity index (χ3v) is 2.76. The maximum atomic E-state index is 5.74. The van der Waals surface area contributed by atoms with E-state index in [1.165, 1.54) is 11.3 Å². The lowest BCUT2D eigenvalue weighted by Crippen LogP contribution is -2.25. The highest BCUT2D eigenvalue weighted by molar-refractivity contribution is 6.19. The van der Waals surface area contributed by atoms with E-state index in [9.17, 15) is 0 Å². The zero-order valence-electron chi connectivity index (χ0n) is 9.46. The van der Waals surface area contributed by atoms with Crippen molar-refractivity contribution in [1.82, 2.24) is 0 Å². The van der Waals surface area contributed by atoms with E-state index in [1.54, 1.807) is 0 Å². The molecule has 1 rings (SSSR count). The van der Waals surface area contributed by atoms with Gasteiger partial charge >= 0.3 is 0 Å². The molecule has 0 heterocycles. The minimum absolute atomic E-state index is 0.530. The van der Waals surface area contributed by atoms with Crippen LogP contribution in [0.3, 0.4) is 0 Å². The van der Waals surface area contributed by atoms with Gasteiger partial charge in [-0.05, 0) is 31.6 Å². The smallest absolute Gasteiger partial charge is 0.0448 e. The largest absolute Gasteiger partial charge is 0.368 e. The van der Waals surface area contributed by atoms with Crippen molar-refractivity contribution in [3.8, 4) is 0 Å². The fourth-order valence-electron chi connectivity index (χ4n) is 1.45. The molecule has 1 aromatic rings. The molecule has 0 fully saturated rings. The Labute approximate surface area is 97.4 Å². The molecule has 1 nitrogen and oxygen atoms in total. The van der Waals surface area contributed by atoms with Crippen LogP contribution in [0.1, 0.15) is 12.5 Å². The van der Waals surface area contributed by atoms with E-state index in [2.05, 4.69) is 49.6 Å². The van der Waals surface area contributed by atoms with Crippen LogP contribution < -0.4 is 4.90 Å². The van der Waals surface area contributed by atoms with E-state index >= 15 is 0 Å². The number of likely N-dealkylation sites (N-methyl/N-ethyl adjacent to an activating group) is 1. The second kappa shape index (κ2) is 5.82. The summed E-state index contributed by atoms with van der Waals surface area (Å²) in [5.41, 5.74) is 3.57. The minimum atomic E-state index is 0.530. The normalized spacial score (nSPS) is 10.1. The predicted octanol–water partition coefficient (Wildman–Crippen LogP) is 3.62. The zero-order chi connectivity index (χ0) is 11.3. The van der Waals surface area contributed by atoms with Crippen molar-refractivity contribution in [3.63, 3.8) is 0 Å². The van der Waals surface area contributed by atoms with E-state index in [0.717, 1.165) is 18.7 Å². The number of anilines is 1. The summed E-state index contributed by atoms with van der Waals surface area (Å²) in [7, 11) is 0. The van der Waals surface area contributed by atoms with Gasteiger partial charge in [0.2, 0.25) is 0 Å². The molecule has 0 radical (unpaired) electrons. The topological polar surface area (TPSA) is 3.24 Å². The van der Waals surface area contributed by atoms with Crippen LogP contribution in [0.25, 0.3) is 0 Å². The molecule has 0 bridgehead atoms. The molecule has 0 aliphatic rings. The summed E-state index contributed by atoms with van der Waals surface area (Å²) in [6, 6.07) is 8.53. The van der Waals surface area contributed by atoms with Gasteiger partial charge in [0.05, 0.1) is 0 Å². The lowest BCUT2D eigenvalue weighted by molar-refractivity contribution is 0.881. The molecule has 0 spiro atoms. The van der Waals surface area contributed by atoms with Crippen LogP contribution >= 0.6 is 11.6 Å². The first-order valence-electron chi connectivity index (χ1n) is 5.21. The second-order valence-corrected chi connectivity index (χ2v) is 4.00. The fraction of sp³-hybridized carbons (Fsp3) is 0.385. The van der Waals surface area contributed by atoms with Crippen LogP contribution in [0, 0.1) is 6.92 Å². The van der Waals surface area contributed by atoms with Gasteiger partial charge in [0, 0.05) is 24.7 Å². The molecule has 0 saturated heterocycles. The van der Waals surface area contributed by atoms with Crippen LogP contribution in [0.15, 0.2) is 36.4 Å². The quantitative estimate of drug-likeness (QED) is 0.545. The number of rotatable bonds is 5. The molecule has 0 aliphatic heterocycles. The van der Waals surface area contributed by atoms with E-state index in [0.29, 0.717) is 5.88 Å². The van der Waals surface area contributed by atoms with Crippen molar-refractivity contribution in [2.45, 2.75) is 13.8 Å². The Balaban J connectivity index is 2.74.